The van der Waals surface area contributed by atoms with E-state index in [1.807, 2.05) is 0 Å². The van der Waals surface area contributed by atoms with Crippen LogP contribution in [0.25, 0.3) is 56.0 Å². The molecular formula is C62H52N2Si. The highest BCUT2D eigenvalue weighted by atomic mass is 28.3. The van der Waals surface area contributed by atoms with Crippen molar-refractivity contribution in [3.8, 4) is 22.3 Å². The van der Waals surface area contributed by atoms with Gasteiger partial charge in [-0.2, -0.15) is 0 Å². The molecule has 1 aliphatic carbocycles. The number of rotatable bonds is 5. The van der Waals surface area contributed by atoms with Gasteiger partial charge in [-0.05, 0) is 155 Å². The Hall–Kier alpha value is -6.94. The Morgan fingerprint density at radius 2 is 1.12 bits per heavy atom. The molecule has 0 unspecified atom stereocenters. The summed E-state index contributed by atoms with van der Waals surface area (Å²) in [4.78, 5) is 5.07. The third-order valence-electron chi connectivity index (χ3n) is 15.7. The van der Waals surface area contributed by atoms with Crippen molar-refractivity contribution < 1.29 is 0 Å². The Kier molecular flexibility index (Phi) is 8.77. The molecule has 9 aromatic rings. The number of fused-ring (bicyclic) bond motifs is 10. The molecule has 4 aliphatic rings. The van der Waals surface area contributed by atoms with Crippen molar-refractivity contribution in [2.75, 3.05) is 16.3 Å². The SMILES string of the molecule is CC1(C)c2cc(/C=C/c3ccc(-c4ccc5cc(N6c7ccccc7[Si]7(CCCC7)c7ccccc76)ccc5c4)c4ccccc34)ccc2-c2ccc(N3CCCc4ccccc43)cc21. The molecular weight excluding hydrogens is 801 g/mol. The van der Waals surface area contributed by atoms with E-state index in [0.29, 0.717) is 0 Å². The second-order valence-electron chi connectivity index (χ2n) is 19.5. The van der Waals surface area contributed by atoms with E-state index in [0.717, 1.165) is 13.0 Å². The van der Waals surface area contributed by atoms with Crippen LogP contribution in [0.15, 0.2) is 182 Å². The number of aryl methyl sites for hydroxylation is 1. The molecule has 0 bridgehead atoms. The zero-order valence-corrected chi connectivity index (χ0v) is 38.3. The number of nitrogens with zero attached hydrogens (tertiary/aromatic N) is 2. The van der Waals surface area contributed by atoms with Crippen LogP contribution < -0.4 is 20.2 Å². The molecule has 0 atom stereocenters. The first-order chi connectivity index (χ1) is 31.9. The molecule has 0 saturated carbocycles. The maximum absolute atomic E-state index is 2.54. The van der Waals surface area contributed by atoms with Crippen molar-refractivity contribution in [1.82, 2.24) is 0 Å². The first-order valence-electron chi connectivity index (χ1n) is 23.8. The largest absolute Gasteiger partial charge is 0.341 e. The summed E-state index contributed by atoms with van der Waals surface area (Å²) in [7, 11) is -1.77. The molecule has 314 valence electrons. The molecule has 1 spiro atoms. The predicted octanol–water partition coefficient (Wildman–Crippen LogP) is 15.4. The lowest BCUT2D eigenvalue weighted by molar-refractivity contribution is 0.659. The maximum Gasteiger partial charge on any atom is 0.123 e. The lowest BCUT2D eigenvalue weighted by Crippen LogP contribution is -2.60. The van der Waals surface area contributed by atoms with Crippen molar-refractivity contribution in [3.05, 3.63) is 210 Å². The van der Waals surface area contributed by atoms with Gasteiger partial charge < -0.3 is 9.80 Å². The molecule has 0 radical (unpaired) electrons. The number of para-hydroxylation sites is 3. The zero-order valence-electron chi connectivity index (χ0n) is 37.3. The molecule has 1 fully saturated rings. The van der Waals surface area contributed by atoms with Gasteiger partial charge in [0, 0.05) is 40.4 Å². The summed E-state index contributed by atoms with van der Waals surface area (Å²) in [5.41, 5.74) is 18.5. The Morgan fingerprint density at radius 1 is 0.492 bits per heavy atom. The molecule has 9 aromatic carbocycles. The standard InChI is InChI=1S/C62H52N2Si/c1-62(2)55-38-42(24-32-53(55)54-34-31-48(41-56(54)62)63-35-13-15-44-14-3-6-18-57(44)63)23-25-43-29-33-51(52-17-5-4-16-50(43)52)47-27-26-46-40-49(30-28-45(46)39-47)64-58-19-7-9-21-60(58)65(36-11-12-37-65)61-22-10-8-20-59(61)64/h3-10,14,16-34,38-41H,11-13,15,35-37H2,1-2H3/b25-23+. The van der Waals surface area contributed by atoms with Crippen LogP contribution in [0.3, 0.4) is 0 Å². The monoisotopic (exact) mass is 852 g/mol. The van der Waals surface area contributed by atoms with E-state index in [2.05, 4.69) is 218 Å². The second kappa shape index (κ2) is 14.8. The van der Waals surface area contributed by atoms with Crippen LogP contribution in [-0.2, 0) is 11.8 Å². The topological polar surface area (TPSA) is 6.48 Å². The molecule has 65 heavy (non-hydrogen) atoms. The summed E-state index contributed by atoms with van der Waals surface area (Å²) in [6, 6.07) is 72.1. The molecule has 2 nitrogen and oxygen atoms in total. The van der Waals surface area contributed by atoms with E-state index in [1.165, 1.54) is 131 Å². The summed E-state index contributed by atoms with van der Waals surface area (Å²) in [5, 5.41) is 8.30. The molecule has 13 rings (SSSR count). The van der Waals surface area contributed by atoms with Gasteiger partial charge in [0.2, 0.25) is 0 Å². The summed E-state index contributed by atoms with van der Waals surface area (Å²) < 4.78 is 0. The fourth-order valence-electron chi connectivity index (χ4n) is 12.5. The van der Waals surface area contributed by atoms with E-state index in [-0.39, 0.29) is 5.41 Å². The van der Waals surface area contributed by atoms with Crippen LogP contribution in [0.2, 0.25) is 12.1 Å². The van der Waals surface area contributed by atoms with Crippen LogP contribution in [-0.4, -0.2) is 14.6 Å². The average Bonchev–Trinajstić information content (AvgIpc) is 3.93. The highest BCUT2D eigenvalue weighted by Crippen LogP contribution is 2.51. The Labute approximate surface area is 384 Å². The molecule has 3 heterocycles. The maximum atomic E-state index is 2.54. The zero-order chi connectivity index (χ0) is 43.3. The van der Waals surface area contributed by atoms with Crippen LogP contribution in [0.1, 0.15) is 60.9 Å². The predicted molar refractivity (Wildman–Crippen MR) is 280 cm³/mol. The summed E-state index contributed by atoms with van der Waals surface area (Å²) >= 11 is 0. The highest BCUT2D eigenvalue weighted by molar-refractivity contribution is 7.05. The van der Waals surface area contributed by atoms with Gasteiger partial charge in [-0.25, -0.2) is 0 Å². The minimum absolute atomic E-state index is 0.0974. The average molecular weight is 853 g/mol. The Bertz CT molecular complexity index is 3370. The third-order valence-corrected chi connectivity index (χ3v) is 21.0. The van der Waals surface area contributed by atoms with Gasteiger partial charge in [0.15, 0.2) is 0 Å². The van der Waals surface area contributed by atoms with Crippen molar-refractivity contribution in [3.63, 3.8) is 0 Å². The van der Waals surface area contributed by atoms with Crippen molar-refractivity contribution >= 4 is 80.6 Å². The van der Waals surface area contributed by atoms with Gasteiger partial charge >= 0.3 is 0 Å². The van der Waals surface area contributed by atoms with Gasteiger partial charge in [0.25, 0.3) is 0 Å². The van der Waals surface area contributed by atoms with Crippen molar-refractivity contribution in [2.45, 2.75) is 57.0 Å². The minimum atomic E-state index is -1.77. The fraction of sp³-hybridized carbons (Fsp3) is 0.161. The molecule has 0 amide bonds. The molecule has 0 aromatic heterocycles. The smallest absolute Gasteiger partial charge is 0.123 e. The second-order valence-corrected chi connectivity index (χ2v) is 23.8. The fourth-order valence-corrected chi connectivity index (χ4v) is 18.0. The number of hydrogen-bond acceptors (Lipinski definition) is 2. The van der Waals surface area contributed by atoms with Gasteiger partial charge in [-0.3, -0.25) is 0 Å². The molecule has 3 aliphatic heterocycles. The van der Waals surface area contributed by atoms with Gasteiger partial charge in [0.1, 0.15) is 8.07 Å². The first kappa shape index (κ1) is 38.5. The molecule has 1 saturated heterocycles. The van der Waals surface area contributed by atoms with Gasteiger partial charge in [-0.1, -0.05) is 172 Å². The quantitative estimate of drug-likeness (QED) is 0.126. The van der Waals surface area contributed by atoms with Crippen molar-refractivity contribution in [2.24, 2.45) is 0 Å². The van der Waals surface area contributed by atoms with E-state index < -0.39 is 8.07 Å². The van der Waals surface area contributed by atoms with Crippen LogP contribution in [0.5, 0.6) is 0 Å². The lowest BCUT2D eigenvalue weighted by Gasteiger charge is -2.42. The van der Waals surface area contributed by atoms with E-state index in [4.69, 9.17) is 0 Å². The van der Waals surface area contributed by atoms with Gasteiger partial charge in [-0.15, -0.1) is 0 Å². The number of anilines is 5. The molecule has 3 heteroatoms. The Morgan fingerprint density at radius 3 is 1.92 bits per heavy atom. The number of benzene rings is 9. The lowest BCUT2D eigenvalue weighted by atomic mass is 9.81. The Balaban J connectivity index is 0.800. The van der Waals surface area contributed by atoms with Crippen LogP contribution >= 0.6 is 0 Å². The highest BCUT2D eigenvalue weighted by Gasteiger charge is 2.47. The van der Waals surface area contributed by atoms with Crippen molar-refractivity contribution in [1.29, 1.82) is 0 Å². The minimum Gasteiger partial charge on any atom is -0.341 e. The first-order valence-corrected chi connectivity index (χ1v) is 26.2. The normalized spacial score (nSPS) is 16.5. The third kappa shape index (κ3) is 5.98. The number of hydrogen-bond donors (Lipinski definition) is 0. The van der Waals surface area contributed by atoms with E-state index >= 15 is 0 Å². The van der Waals surface area contributed by atoms with E-state index in [1.54, 1.807) is 10.4 Å². The van der Waals surface area contributed by atoms with E-state index in [9.17, 15) is 0 Å². The van der Waals surface area contributed by atoms with Crippen LogP contribution in [0.4, 0.5) is 28.4 Å². The summed E-state index contributed by atoms with van der Waals surface area (Å²) in [6.07, 6.45) is 9.65. The summed E-state index contributed by atoms with van der Waals surface area (Å²) in [6.45, 7) is 5.86. The summed E-state index contributed by atoms with van der Waals surface area (Å²) in [5.74, 6) is 0. The van der Waals surface area contributed by atoms with Crippen LogP contribution in [0, 0.1) is 0 Å². The molecule has 0 N–H and O–H groups in total. The van der Waals surface area contributed by atoms with Gasteiger partial charge in [0.05, 0.1) is 0 Å².